The van der Waals surface area contributed by atoms with E-state index in [4.69, 9.17) is 5.11 Å². The summed E-state index contributed by atoms with van der Waals surface area (Å²) < 4.78 is 13.8. The summed E-state index contributed by atoms with van der Waals surface area (Å²) in [5.74, 6) is 0.146. The lowest BCUT2D eigenvalue weighted by atomic mass is 10.1. The minimum Gasteiger partial charge on any atom is -0.396 e. The number of para-hydroxylation sites is 1. The predicted octanol–water partition coefficient (Wildman–Crippen LogP) is 1.53. The molecule has 2 N–H and O–H groups in total. The van der Waals surface area contributed by atoms with E-state index in [2.05, 4.69) is 0 Å². The van der Waals surface area contributed by atoms with Crippen LogP contribution >= 0.6 is 0 Å². The Kier molecular flexibility index (Phi) is 3.97. The Hall–Kier alpha value is -1.13. The summed E-state index contributed by atoms with van der Waals surface area (Å²) in [5.41, 5.74) is 1.16. The molecular formula is C13H18FNO2. The first-order chi connectivity index (χ1) is 8.26. The van der Waals surface area contributed by atoms with Crippen LogP contribution in [-0.4, -0.2) is 29.9 Å². The van der Waals surface area contributed by atoms with Crippen molar-refractivity contribution in [1.29, 1.82) is 0 Å². The first-order valence-electron chi connectivity index (χ1n) is 6.00. The normalized spacial score (nSPS) is 19.9. The molecule has 0 bridgehead atoms. The highest BCUT2D eigenvalue weighted by Crippen LogP contribution is 2.30. The Morgan fingerprint density at radius 2 is 2.18 bits per heavy atom. The number of rotatable bonds is 4. The van der Waals surface area contributed by atoms with Gasteiger partial charge in [-0.25, -0.2) is 4.39 Å². The Morgan fingerprint density at radius 3 is 2.88 bits per heavy atom. The van der Waals surface area contributed by atoms with Crippen molar-refractivity contribution in [3.8, 4) is 0 Å². The molecule has 1 atom stereocenters. The summed E-state index contributed by atoms with van der Waals surface area (Å²) in [4.78, 5) is 1.97. The van der Waals surface area contributed by atoms with Crippen LogP contribution in [0.15, 0.2) is 18.2 Å². The molecule has 1 aromatic carbocycles. The van der Waals surface area contributed by atoms with Gasteiger partial charge < -0.3 is 15.1 Å². The maximum Gasteiger partial charge on any atom is 0.146 e. The van der Waals surface area contributed by atoms with Crippen LogP contribution in [0.25, 0.3) is 0 Å². The molecule has 0 radical (unpaired) electrons. The molecule has 0 aliphatic carbocycles. The zero-order chi connectivity index (χ0) is 12.3. The van der Waals surface area contributed by atoms with Crippen molar-refractivity contribution in [1.82, 2.24) is 0 Å². The molecule has 0 saturated carbocycles. The van der Waals surface area contributed by atoms with Crippen LogP contribution in [-0.2, 0) is 6.61 Å². The van der Waals surface area contributed by atoms with E-state index in [1.165, 1.54) is 6.07 Å². The number of benzene rings is 1. The van der Waals surface area contributed by atoms with Gasteiger partial charge in [-0.3, -0.25) is 0 Å². The molecule has 3 nitrogen and oxygen atoms in total. The van der Waals surface area contributed by atoms with Gasteiger partial charge in [-0.05, 0) is 24.8 Å². The highest BCUT2D eigenvalue weighted by Gasteiger charge is 2.25. The van der Waals surface area contributed by atoms with E-state index in [1.807, 2.05) is 4.90 Å². The molecule has 1 unspecified atom stereocenters. The SMILES string of the molecule is OCCC1CCN(c2c(F)cccc2CO)C1. The van der Waals surface area contributed by atoms with Gasteiger partial charge in [-0.1, -0.05) is 12.1 Å². The lowest BCUT2D eigenvalue weighted by Crippen LogP contribution is -2.22. The van der Waals surface area contributed by atoms with Crippen LogP contribution in [0, 0.1) is 11.7 Å². The summed E-state index contributed by atoms with van der Waals surface area (Å²) in [6.45, 7) is 1.59. The van der Waals surface area contributed by atoms with Crippen molar-refractivity contribution in [3.05, 3.63) is 29.6 Å². The largest absolute Gasteiger partial charge is 0.396 e. The number of hydrogen-bond acceptors (Lipinski definition) is 3. The zero-order valence-corrected chi connectivity index (χ0v) is 9.77. The molecule has 0 spiro atoms. The fraction of sp³-hybridized carbons (Fsp3) is 0.538. The van der Waals surface area contributed by atoms with E-state index in [1.54, 1.807) is 12.1 Å². The third-order valence-electron chi connectivity index (χ3n) is 3.38. The Bertz CT molecular complexity index is 384. The average molecular weight is 239 g/mol. The second-order valence-electron chi connectivity index (χ2n) is 4.52. The Morgan fingerprint density at radius 1 is 1.35 bits per heavy atom. The van der Waals surface area contributed by atoms with E-state index in [0.29, 0.717) is 17.2 Å². The fourth-order valence-electron chi connectivity index (χ4n) is 2.50. The second-order valence-corrected chi connectivity index (χ2v) is 4.52. The predicted molar refractivity (Wildman–Crippen MR) is 64.3 cm³/mol. The Labute approximate surface area is 100 Å². The van der Waals surface area contributed by atoms with Crippen LogP contribution in [0.3, 0.4) is 0 Å². The fourth-order valence-corrected chi connectivity index (χ4v) is 2.50. The number of aliphatic hydroxyl groups is 2. The number of halogens is 1. The molecule has 1 aromatic rings. The Balaban J connectivity index is 2.18. The summed E-state index contributed by atoms with van der Waals surface area (Å²) >= 11 is 0. The lowest BCUT2D eigenvalue weighted by molar-refractivity contribution is 0.263. The van der Waals surface area contributed by atoms with E-state index in [0.717, 1.165) is 25.9 Å². The molecule has 94 valence electrons. The van der Waals surface area contributed by atoms with Crippen molar-refractivity contribution in [2.75, 3.05) is 24.6 Å². The molecule has 2 rings (SSSR count). The van der Waals surface area contributed by atoms with Gasteiger partial charge in [-0.15, -0.1) is 0 Å². The number of anilines is 1. The van der Waals surface area contributed by atoms with Crippen molar-refractivity contribution in [2.45, 2.75) is 19.4 Å². The smallest absolute Gasteiger partial charge is 0.146 e. The molecule has 0 amide bonds. The highest BCUT2D eigenvalue weighted by molar-refractivity contribution is 5.55. The first kappa shape index (κ1) is 12.3. The first-order valence-corrected chi connectivity index (χ1v) is 6.00. The molecular weight excluding hydrogens is 221 g/mol. The van der Waals surface area contributed by atoms with Gasteiger partial charge in [0.25, 0.3) is 0 Å². The standard InChI is InChI=1S/C13H18FNO2/c14-12-3-1-2-11(9-17)13(12)15-6-4-10(8-15)5-7-16/h1-3,10,16-17H,4-9H2. The zero-order valence-electron chi connectivity index (χ0n) is 9.77. The van der Waals surface area contributed by atoms with Crippen LogP contribution in [0.5, 0.6) is 0 Å². The maximum atomic E-state index is 13.8. The van der Waals surface area contributed by atoms with E-state index < -0.39 is 0 Å². The summed E-state index contributed by atoms with van der Waals surface area (Å²) in [6, 6.07) is 4.79. The van der Waals surface area contributed by atoms with Gasteiger partial charge in [-0.2, -0.15) is 0 Å². The maximum absolute atomic E-state index is 13.8. The van der Waals surface area contributed by atoms with Gasteiger partial charge in [0.05, 0.1) is 12.3 Å². The topological polar surface area (TPSA) is 43.7 Å². The molecule has 1 aliphatic heterocycles. The molecule has 1 aliphatic rings. The second kappa shape index (κ2) is 5.47. The van der Waals surface area contributed by atoms with E-state index in [9.17, 15) is 9.50 Å². The van der Waals surface area contributed by atoms with Gasteiger partial charge >= 0.3 is 0 Å². The minimum atomic E-state index is -0.277. The van der Waals surface area contributed by atoms with E-state index >= 15 is 0 Å². The monoisotopic (exact) mass is 239 g/mol. The van der Waals surface area contributed by atoms with Crippen molar-refractivity contribution < 1.29 is 14.6 Å². The van der Waals surface area contributed by atoms with Crippen LogP contribution < -0.4 is 4.90 Å². The van der Waals surface area contributed by atoms with Crippen molar-refractivity contribution in [2.24, 2.45) is 5.92 Å². The summed E-state index contributed by atoms with van der Waals surface area (Å²) in [5, 5.41) is 18.1. The van der Waals surface area contributed by atoms with Gasteiger partial charge in [0.1, 0.15) is 5.82 Å². The van der Waals surface area contributed by atoms with Gasteiger partial charge in [0, 0.05) is 25.3 Å². The van der Waals surface area contributed by atoms with Crippen molar-refractivity contribution >= 4 is 5.69 Å². The van der Waals surface area contributed by atoms with Gasteiger partial charge in [0.15, 0.2) is 0 Å². The number of aliphatic hydroxyl groups excluding tert-OH is 2. The average Bonchev–Trinajstić information content (AvgIpc) is 2.77. The minimum absolute atomic E-state index is 0.145. The van der Waals surface area contributed by atoms with Crippen LogP contribution in [0.2, 0.25) is 0 Å². The third-order valence-corrected chi connectivity index (χ3v) is 3.38. The van der Waals surface area contributed by atoms with Crippen molar-refractivity contribution in [3.63, 3.8) is 0 Å². The molecule has 4 heteroatoms. The van der Waals surface area contributed by atoms with Gasteiger partial charge in [0.2, 0.25) is 0 Å². The number of hydrogen-bond donors (Lipinski definition) is 2. The number of nitrogens with zero attached hydrogens (tertiary/aromatic N) is 1. The molecule has 1 saturated heterocycles. The summed E-state index contributed by atoms with van der Waals surface area (Å²) in [7, 11) is 0. The van der Waals surface area contributed by atoms with Crippen LogP contribution in [0.1, 0.15) is 18.4 Å². The highest BCUT2D eigenvalue weighted by atomic mass is 19.1. The quantitative estimate of drug-likeness (QED) is 0.837. The third kappa shape index (κ3) is 2.58. The molecule has 17 heavy (non-hydrogen) atoms. The molecule has 1 fully saturated rings. The van der Waals surface area contributed by atoms with Crippen LogP contribution in [0.4, 0.5) is 10.1 Å². The lowest BCUT2D eigenvalue weighted by Gasteiger charge is -2.22. The van der Waals surface area contributed by atoms with E-state index in [-0.39, 0.29) is 19.0 Å². The molecule has 1 heterocycles. The summed E-state index contributed by atoms with van der Waals surface area (Å²) in [6.07, 6.45) is 1.74. The molecule has 0 aromatic heterocycles.